The van der Waals surface area contributed by atoms with Crippen LogP contribution in [0.25, 0.3) is 0 Å². The quantitative estimate of drug-likeness (QED) is 0.463. The van der Waals surface area contributed by atoms with Gasteiger partial charge in [0, 0.05) is 0 Å². The number of esters is 1. The number of carbonyl (C=O) groups excluding carboxylic acids is 1. The van der Waals surface area contributed by atoms with Gasteiger partial charge < -0.3 is 9.47 Å². The van der Waals surface area contributed by atoms with Crippen LogP contribution < -0.4 is 4.74 Å². The van der Waals surface area contributed by atoms with Crippen molar-refractivity contribution in [2.24, 2.45) is 0 Å². The van der Waals surface area contributed by atoms with Gasteiger partial charge in [-0.25, -0.2) is 4.79 Å². The van der Waals surface area contributed by atoms with Crippen molar-refractivity contribution in [1.82, 2.24) is 0 Å². The summed E-state index contributed by atoms with van der Waals surface area (Å²) in [6.45, 7) is 5.41. The maximum Gasteiger partial charge on any atom is 0.341 e. The van der Waals surface area contributed by atoms with Crippen molar-refractivity contribution >= 4 is 5.97 Å². The molecule has 112 valence electrons. The Hall–Kier alpha value is -1.51. The molecule has 0 saturated heterocycles. The number of benzene rings is 1. The molecule has 0 aromatic heterocycles. The molecule has 0 bridgehead atoms. The second-order valence-electron chi connectivity index (χ2n) is 4.89. The highest BCUT2D eigenvalue weighted by atomic mass is 16.5. The molecule has 0 atom stereocenters. The van der Waals surface area contributed by atoms with Crippen LogP contribution in [0.2, 0.25) is 0 Å². The summed E-state index contributed by atoms with van der Waals surface area (Å²) >= 11 is 0. The van der Waals surface area contributed by atoms with Crippen molar-refractivity contribution < 1.29 is 14.3 Å². The third-order valence-corrected chi connectivity index (χ3v) is 3.09. The van der Waals surface area contributed by atoms with Crippen LogP contribution >= 0.6 is 0 Å². The predicted octanol–water partition coefficient (Wildman–Crippen LogP) is 4.60. The molecule has 20 heavy (non-hydrogen) atoms. The molecular weight excluding hydrogens is 252 g/mol. The first-order valence-electron chi connectivity index (χ1n) is 7.68. The zero-order chi connectivity index (χ0) is 14.6. The van der Waals surface area contributed by atoms with E-state index in [0.717, 1.165) is 38.5 Å². The third-order valence-electron chi connectivity index (χ3n) is 3.09. The van der Waals surface area contributed by atoms with Crippen molar-refractivity contribution in [3.63, 3.8) is 0 Å². The Morgan fingerprint density at radius 3 is 2.30 bits per heavy atom. The second kappa shape index (κ2) is 10.3. The molecule has 1 aromatic rings. The average molecular weight is 278 g/mol. The van der Waals surface area contributed by atoms with E-state index in [-0.39, 0.29) is 5.97 Å². The fourth-order valence-electron chi connectivity index (χ4n) is 1.89. The summed E-state index contributed by atoms with van der Waals surface area (Å²) in [6, 6.07) is 7.30. The van der Waals surface area contributed by atoms with Crippen molar-refractivity contribution in [1.29, 1.82) is 0 Å². The molecule has 0 aliphatic carbocycles. The van der Waals surface area contributed by atoms with E-state index in [1.807, 2.05) is 18.2 Å². The summed E-state index contributed by atoms with van der Waals surface area (Å²) in [7, 11) is 0. The Bertz CT molecular complexity index is 388. The fraction of sp³-hybridized carbons (Fsp3) is 0.588. The molecule has 3 nitrogen and oxygen atoms in total. The number of rotatable bonds is 10. The summed E-state index contributed by atoms with van der Waals surface area (Å²) in [6.07, 6.45) is 6.43. The standard InChI is InChI=1S/C17H26O3/c1-3-5-9-13-19-16-12-8-7-11-15(16)17(18)20-14-10-6-4-2/h7-8,11-12H,3-6,9-10,13-14H2,1-2H3. The minimum Gasteiger partial charge on any atom is -0.493 e. The first kappa shape index (κ1) is 16.5. The smallest absolute Gasteiger partial charge is 0.341 e. The van der Waals surface area contributed by atoms with Crippen LogP contribution in [0, 0.1) is 0 Å². The monoisotopic (exact) mass is 278 g/mol. The maximum atomic E-state index is 12.0. The lowest BCUT2D eigenvalue weighted by atomic mass is 10.2. The van der Waals surface area contributed by atoms with E-state index < -0.39 is 0 Å². The van der Waals surface area contributed by atoms with Gasteiger partial charge in [0.1, 0.15) is 11.3 Å². The van der Waals surface area contributed by atoms with Gasteiger partial charge in [-0.15, -0.1) is 0 Å². The van der Waals surface area contributed by atoms with Crippen molar-refractivity contribution in [3.05, 3.63) is 29.8 Å². The molecule has 0 radical (unpaired) electrons. The molecule has 0 spiro atoms. The van der Waals surface area contributed by atoms with Crippen molar-refractivity contribution in [2.45, 2.75) is 52.4 Å². The summed E-state index contributed by atoms with van der Waals surface area (Å²) in [5.41, 5.74) is 0.528. The zero-order valence-electron chi connectivity index (χ0n) is 12.7. The van der Waals surface area contributed by atoms with E-state index in [2.05, 4.69) is 13.8 Å². The molecule has 1 aromatic carbocycles. The summed E-state index contributed by atoms with van der Waals surface area (Å²) in [5, 5.41) is 0. The summed E-state index contributed by atoms with van der Waals surface area (Å²) in [4.78, 5) is 12.0. The summed E-state index contributed by atoms with van der Waals surface area (Å²) < 4.78 is 11.0. The van der Waals surface area contributed by atoms with Gasteiger partial charge in [0.25, 0.3) is 0 Å². The van der Waals surface area contributed by atoms with E-state index in [1.165, 1.54) is 0 Å². The van der Waals surface area contributed by atoms with Crippen LogP contribution in [0.4, 0.5) is 0 Å². The largest absolute Gasteiger partial charge is 0.493 e. The Kier molecular flexibility index (Phi) is 8.52. The van der Waals surface area contributed by atoms with Gasteiger partial charge in [-0.1, -0.05) is 51.7 Å². The molecule has 0 heterocycles. The van der Waals surface area contributed by atoms with E-state index in [9.17, 15) is 4.79 Å². The third kappa shape index (κ3) is 6.09. The first-order chi connectivity index (χ1) is 9.79. The van der Waals surface area contributed by atoms with Crippen LogP contribution in [-0.2, 0) is 4.74 Å². The number of ether oxygens (including phenoxy) is 2. The highest BCUT2D eigenvalue weighted by molar-refractivity contribution is 5.92. The lowest BCUT2D eigenvalue weighted by Gasteiger charge is -2.11. The van der Waals surface area contributed by atoms with Gasteiger partial charge in [-0.3, -0.25) is 0 Å². The molecule has 0 aliphatic heterocycles. The van der Waals surface area contributed by atoms with E-state index >= 15 is 0 Å². The van der Waals surface area contributed by atoms with Crippen molar-refractivity contribution in [3.8, 4) is 5.75 Å². The minimum absolute atomic E-state index is 0.285. The number of hydrogen-bond acceptors (Lipinski definition) is 3. The number of para-hydroxylation sites is 1. The van der Waals surface area contributed by atoms with Crippen LogP contribution in [0.1, 0.15) is 62.7 Å². The maximum absolute atomic E-state index is 12.0. The molecule has 0 amide bonds. The number of unbranched alkanes of at least 4 members (excludes halogenated alkanes) is 4. The second-order valence-corrected chi connectivity index (χ2v) is 4.89. The Morgan fingerprint density at radius 1 is 0.950 bits per heavy atom. The average Bonchev–Trinajstić information content (AvgIpc) is 2.48. The van der Waals surface area contributed by atoms with Gasteiger partial charge in [-0.2, -0.15) is 0 Å². The number of carbonyl (C=O) groups is 1. The van der Waals surface area contributed by atoms with Gasteiger partial charge >= 0.3 is 5.97 Å². The molecule has 0 aliphatic rings. The Balaban J connectivity index is 2.48. The SMILES string of the molecule is CCCCCOC(=O)c1ccccc1OCCCCC. The van der Waals surface area contributed by atoms with Crippen LogP contribution in [0.15, 0.2) is 24.3 Å². The highest BCUT2D eigenvalue weighted by Gasteiger charge is 2.13. The fourth-order valence-corrected chi connectivity index (χ4v) is 1.89. The summed E-state index contributed by atoms with van der Waals surface area (Å²) in [5.74, 6) is 0.344. The van der Waals surface area contributed by atoms with Crippen LogP contribution in [0.3, 0.4) is 0 Å². The van der Waals surface area contributed by atoms with E-state index in [0.29, 0.717) is 24.5 Å². The molecule has 0 unspecified atom stereocenters. The van der Waals surface area contributed by atoms with Gasteiger partial charge in [0.2, 0.25) is 0 Å². The minimum atomic E-state index is -0.285. The Labute approximate surface area is 122 Å². The predicted molar refractivity (Wildman–Crippen MR) is 81.3 cm³/mol. The van der Waals surface area contributed by atoms with Crippen LogP contribution in [0.5, 0.6) is 5.75 Å². The molecule has 1 rings (SSSR count). The normalized spacial score (nSPS) is 10.3. The molecule has 0 N–H and O–H groups in total. The molecular formula is C17H26O3. The van der Waals surface area contributed by atoms with Gasteiger partial charge in [0.05, 0.1) is 13.2 Å². The van der Waals surface area contributed by atoms with Gasteiger partial charge in [-0.05, 0) is 25.0 Å². The number of hydrogen-bond donors (Lipinski definition) is 0. The first-order valence-corrected chi connectivity index (χ1v) is 7.68. The topological polar surface area (TPSA) is 35.5 Å². The van der Waals surface area contributed by atoms with Gasteiger partial charge in [0.15, 0.2) is 0 Å². The van der Waals surface area contributed by atoms with Crippen molar-refractivity contribution in [2.75, 3.05) is 13.2 Å². The lowest BCUT2D eigenvalue weighted by Crippen LogP contribution is -2.09. The van der Waals surface area contributed by atoms with E-state index in [1.54, 1.807) is 6.07 Å². The Morgan fingerprint density at radius 2 is 1.60 bits per heavy atom. The van der Waals surface area contributed by atoms with Crippen LogP contribution in [-0.4, -0.2) is 19.2 Å². The van der Waals surface area contributed by atoms with E-state index in [4.69, 9.17) is 9.47 Å². The highest BCUT2D eigenvalue weighted by Crippen LogP contribution is 2.19. The molecule has 3 heteroatoms. The zero-order valence-corrected chi connectivity index (χ0v) is 12.7. The lowest BCUT2D eigenvalue weighted by molar-refractivity contribution is 0.0493. The molecule has 0 saturated carbocycles. The molecule has 0 fully saturated rings.